The Labute approximate surface area is 94.6 Å². The van der Waals surface area contributed by atoms with Crippen molar-refractivity contribution in [3.63, 3.8) is 0 Å². The second-order valence-corrected chi connectivity index (χ2v) is 5.04. The second-order valence-electron chi connectivity index (χ2n) is 4.27. The maximum Gasteiger partial charge on any atom is 0.142 e. The van der Waals surface area contributed by atoms with E-state index in [-0.39, 0.29) is 0 Å². The summed E-state index contributed by atoms with van der Waals surface area (Å²) in [6.45, 7) is 4.34. The Morgan fingerprint density at radius 2 is 2.40 bits per heavy atom. The van der Waals surface area contributed by atoms with Crippen LogP contribution >= 0.6 is 11.5 Å². The van der Waals surface area contributed by atoms with Crippen LogP contribution in [-0.2, 0) is 0 Å². The fourth-order valence-corrected chi connectivity index (χ4v) is 2.74. The van der Waals surface area contributed by atoms with E-state index in [0.29, 0.717) is 11.9 Å². The van der Waals surface area contributed by atoms with Crippen LogP contribution in [0.2, 0.25) is 0 Å². The Hall–Kier alpha value is -0.810. The second kappa shape index (κ2) is 4.37. The Morgan fingerprint density at radius 1 is 1.60 bits per heavy atom. The number of nitrogen functional groups attached to an aromatic ring is 1. The molecule has 0 saturated carbocycles. The van der Waals surface area contributed by atoms with Crippen molar-refractivity contribution in [2.24, 2.45) is 0 Å². The van der Waals surface area contributed by atoms with Gasteiger partial charge in [-0.2, -0.15) is 4.37 Å². The minimum atomic E-state index is 0.544. The number of piperidine rings is 1. The molecule has 1 aliphatic heterocycles. The smallest absolute Gasteiger partial charge is 0.142 e. The summed E-state index contributed by atoms with van der Waals surface area (Å²) < 4.78 is 4.14. The predicted molar refractivity (Wildman–Crippen MR) is 65.4 cm³/mol. The van der Waals surface area contributed by atoms with Gasteiger partial charge in [0.15, 0.2) is 0 Å². The molecule has 2 heterocycles. The standard InChI is InChI=1S/C10H18N4S/c1-7-9(11)13-15-10(7)12-8-4-3-5-14(2)6-8/h8,12H,3-6H2,1-2H3,(H2,11,13). The highest BCUT2D eigenvalue weighted by molar-refractivity contribution is 7.10. The quantitative estimate of drug-likeness (QED) is 0.803. The molecular weight excluding hydrogens is 208 g/mol. The van der Waals surface area contributed by atoms with Gasteiger partial charge in [-0.05, 0) is 44.9 Å². The molecule has 1 atom stereocenters. The summed E-state index contributed by atoms with van der Waals surface area (Å²) in [4.78, 5) is 2.36. The van der Waals surface area contributed by atoms with Crippen LogP contribution in [0.3, 0.4) is 0 Å². The average Bonchev–Trinajstić information content (AvgIpc) is 2.50. The molecule has 3 N–H and O–H groups in total. The van der Waals surface area contributed by atoms with E-state index < -0.39 is 0 Å². The van der Waals surface area contributed by atoms with E-state index in [1.165, 1.54) is 30.9 Å². The SMILES string of the molecule is Cc1c(N)nsc1NC1CCCN(C)C1. The molecule has 1 aromatic heterocycles. The molecule has 1 saturated heterocycles. The lowest BCUT2D eigenvalue weighted by molar-refractivity contribution is 0.261. The molecule has 1 aliphatic rings. The lowest BCUT2D eigenvalue weighted by atomic mass is 10.1. The van der Waals surface area contributed by atoms with Gasteiger partial charge in [0.2, 0.25) is 0 Å². The molecule has 1 fully saturated rings. The van der Waals surface area contributed by atoms with Crippen molar-refractivity contribution in [2.75, 3.05) is 31.2 Å². The lowest BCUT2D eigenvalue weighted by Gasteiger charge is -2.30. The first-order valence-electron chi connectivity index (χ1n) is 5.33. The predicted octanol–water partition coefficient (Wildman–Crippen LogP) is 1.54. The fraction of sp³-hybridized carbons (Fsp3) is 0.700. The van der Waals surface area contributed by atoms with Gasteiger partial charge in [0.1, 0.15) is 10.8 Å². The first kappa shape index (κ1) is 10.7. The summed E-state index contributed by atoms with van der Waals surface area (Å²) in [5, 5.41) is 4.67. The molecule has 5 heteroatoms. The molecule has 0 spiro atoms. The normalized spacial score (nSPS) is 22.9. The molecular formula is C10H18N4S. The van der Waals surface area contributed by atoms with Crippen molar-refractivity contribution in [1.82, 2.24) is 9.27 Å². The van der Waals surface area contributed by atoms with Crippen molar-refractivity contribution >= 4 is 22.4 Å². The van der Waals surface area contributed by atoms with Gasteiger partial charge < -0.3 is 16.0 Å². The van der Waals surface area contributed by atoms with Crippen LogP contribution in [0.25, 0.3) is 0 Å². The van der Waals surface area contributed by atoms with Crippen LogP contribution in [0.15, 0.2) is 0 Å². The molecule has 2 rings (SSSR count). The van der Waals surface area contributed by atoms with Crippen LogP contribution in [0, 0.1) is 6.92 Å². The number of aromatic nitrogens is 1. The van der Waals surface area contributed by atoms with Gasteiger partial charge in [0, 0.05) is 18.2 Å². The molecule has 84 valence electrons. The van der Waals surface area contributed by atoms with Crippen LogP contribution in [0.5, 0.6) is 0 Å². The average molecular weight is 226 g/mol. The van der Waals surface area contributed by atoms with E-state index in [4.69, 9.17) is 5.73 Å². The molecule has 1 aromatic rings. The van der Waals surface area contributed by atoms with Gasteiger partial charge in [-0.1, -0.05) is 0 Å². The van der Waals surface area contributed by atoms with E-state index in [1.54, 1.807) is 0 Å². The van der Waals surface area contributed by atoms with Crippen molar-refractivity contribution < 1.29 is 0 Å². The van der Waals surface area contributed by atoms with E-state index in [2.05, 4.69) is 21.6 Å². The minimum Gasteiger partial charge on any atom is -0.383 e. The van der Waals surface area contributed by atoms with Gasteiger partial charge in [0.25, 0.3) is 0 Å². The summed E-state index contributed by atoms with van der Waals surface area (Å²) in [6, 6.07) is 0.544. The Kier molecular flexibility index (Phi) is 3.11. The number of hydrogen-bond acceptors (Lipinski definition) is 5. The highest BCUT2D eigenvalue weighted by Gasteiger charge is 2.18. The Balaban J connectivity index is 1.99. The van der Waals surface area contributed by atoms with Crippen molar-refractivity contribution in [3.8, 4) is 0 Å². The Morgan fingerprint density at radius 3 is 3.00 bits per heavy atom. The van der Waals surface area contributed by atoms with Crippen LogP contribution in [0.1, 0.15) is 18.4 Å². The molecule has 0 aliphatic carbocycles. The molecule has 0 amide bonds. The number of likely N-dealkylation sites (N-methyl/N-ethyl adjacent to an activating group) is 1. The first-order chi connectivity index (χ1) is 7.16. The van der Waals surface area contributed by atoms with Crippen LogP contribution < -0.4 is 11.1 Å². The highest BCUT2D eigenvalue weighted by Crippen LogP contribution is 2.27. The number of nitrogens with zero attached hydrogens (tertiary/aromatic N) is 2. The number of hydrogen-bond donors (Lipinski definition) is 2. The van der Waals surface area contributed by atoms with Gasteiger partial charge in [-0.3, -0.25) is 0 Å². The van der Waals surface area contributed by atoms with Crippen molar-refractivity contribution in [1.29, 1.82) is 0 Å². The zero-order chi connectivity index (χ0) is 10.8. The van der Waals surface area contributed by atoms with Gasteiger partial charge >= 0.3 is 0 Å². The number of nitrogens with two attached hydrogens (primary N) is 1. The third kappa shape index (κ3) is 2.41. The first-order valence-corrected chi connectivity index (χ1v) is 6.11. The largest absolute Gasteiger partial charge is 0.383 e. The highest BCUT2D eigenvalue weighted by atomic mass is 32.1. The number of nitrogens with one attached hydrogen (secondary N) is 1. The number of likely N-dealkylation sites (tertiary alicyclic amines) is 1. The molecule has 15 heavy (non-hydrogen) atoms. The molecule has 1 unspecified atom stereocenters. The monoisotopic (exact) mass is 226 g/mol. The lowest BCUT2D eigenvalue weighted by Crippen LogP contribution is -2.39. The Bertz CT molecular complexity index is 336. The van der Waals surface area contributed by atoms with E-state index in [1.807, 2.05) is 6.92 Å². The summed E-state index contributed by atoms with van der Waals surface area (Å²) in [7, 11) is 2.17. The van der Waals surface area contributed by atoms with Crippen LogP contribution in [0.4, 0.5) is 10.8 Å². The molecule has 0 bridgehead atoms. The summed E-state index contributed by atoms with van der Waals surface area (Å²) in [5.41, 5.74) is 6.81. The van der Waals surface area contributed by atoms with Gasteiger partial charge in [0.05, 0.1) is 0 Å². The molecule has 0 radical (unpaired) electrons. The molecule has 4 nitrogen and oxygen atoms in total. The van der Waals surface area contributed by atoms with Gasteiger partial charge in [-0.15, -0.1) is 0 Å². The minimum absolute atomic E-state index is 0.544. The van der Waals surface area contributed by atoms with E-state index in [9.17, 15) is 0 Å². The van der Waals surface area contributed by atoms with Crippen molar-refractivity contribution in [3.05, 3.63) is 5.56 Å². The zero-order valence-electron chi connectivity index (χ0n) is 9.29. The summed E-state index contributed by atoms with van der Waals surface area (Å²) in [6.07, 6.45) is 2.50. The van der Waals surface area contributed by atoms with Crippen molar-refractivity contribution in [2.45, 2.75) is 25.8 Å². The third-order valence-corrected chi connectivity index (χ3v) is 3.81. The fourth-order valence-electron chi connectivity index (χ4n) is 1.95. The van der Waals surface area contributed by atoms with Gasteiger partial charge in [-0.25, -0.2) is 0 Å². The zero-order valence-corrected chi connectivity index (χ0v) is 10.1. The maximum absolute atomic E-state index is 5.72. The topological polar surface area (TPSA) is 54.2 Å². The number of anilines is 2. The van der Waals surface area contributed by atoms with Crippen LogP contribution in [-0.4, -0.2) is 35.5 Å². The summed E-state index contributed by atoms with van der Waals surface area (Å²) in [5.74, 6) is 0.659. The summed E-state index contributed by atoms with van der Waals surface area (Å²) >= 11 is 1.47. The molecule has 0 aromatic carbocycles. The third-order valence-electron chi connectivity index (χ3n) is 2.92. The van der Waals surface area contributed by atoms with E-state index >= 15 is 0 Å². The maximum atomic E-state index is 5.72. The van der Waals surface area contributed by atoms with E-state index in [0.717, 1.165) is 17.1 Å². The number of rotatable bonds is 2.